The minimum Gasteiger partial charge on any atom is -0.504 e. The van der Waals surface area contributed by atoms with Gasteiger partial charge in [-0.15, -0.1) is 5.10 Å². The second kappa shape index (κ2) is 15.0. The monoisotopic (exact) mass is 823 g/mol. The number of piperidine rings is 1. The van der Waals surface area contributed by atoms with Gasteiger partial charge in [0.15, 0.2) is 17.3 Å². The number of amides is 2. The van der Waals surface area contributed by atoms with Crippen molar-refractivity contribution >= 4 is 34.9 Å². The van der Waals surface area contributed by atoms with Gasteiger partial charge in [0.05, 0.1) is 40.7 Å². The molecule has 304 valence electrons. The molecule has 5 aromatic rings. The van der Waals surface area contributed by atoms with Crippen LogP contribution in [0.3, 0.4) is 0 Å². The fraction of sp³-hybridized carbons (Fsp3) is 0.410. The van der Waals surface area contributed by atoms with Gasteiger partial charge in [-0.05, 0) is 68.0 Å². The molecule has 1 aliphatic carbocycles. The van der Waals surface area contributed by atoms with Crippen LogP contribution in [0.1, 0.15) is 70.7 Å². The fourth-order valence-electron chi connectivity index (χ4n) is 8.49. The van der Waals surface area contributed by atoms with Crippen LogP contribution in [0.25, 0.3) is 17.2 Å². The van der Waals surface area contributed by atoms with Crippen LogP contribution in [-0.4, -0.2) is 95.2 Å². The van der Waals surface area contributed by atoms with Gasteiger partial charge in [-0.2, -0.15) is 22.7 Å². The summed E-state index contributed by atoms with van der Waals surface area (Å²) in [5.41, 5.74) is -0.483. The molecule has 1 atom stereocenters. The maximum absolute atomic E-state index is 15.8. The summed E-state index contributed by atoms with van der Waals surface area (Å²) in [4.78, 5) is 58.1. The molecule has 0 radical (unpaired) electrons. The number of ether oxygens (including phenoxy) is 1. The quantitative estimate of drug-likeness (QED) is 0.206. The number of carbonyl (C=O) groups excluding carboxylic acids is 2. The second-order valence-corrected chi connectivity index (χ2v) is 15.5. The average Bonchev–Trinajstić information content (AvgIpc) is 3.75. The molecule has 1 unspecified atom stereocenters. The van der Waals surface area contributed by atoms with E-state index in [-0.39, 0.29) is 64.0 Å². The van der Waals surface area contributed by atoms with Crippen LogP contribution in [0.15, 0.2) is 47.5 Å². The van der Waals surface area contributed by atoms with E-state index in [1.54, 1.807) is 28.5 Å². The number of fused-ring (bicyclic) bond motifs is 3. The number of halogens is 5. The van der Waals surface area contributed by atoms with Crippen molar-refractivity contribution in [1.82, 2.24) is 38.9 Å². The van der Waals surface area contributed by atoms with E-state index in [0.29, 0.717) is 69.4 Å². The first-order chi connectivity index (χ1) is 27.6. The lowest BCUT2D eigenvalue weighted by Gasteiger charge is -2.39. The van der Waals surface area contributed by atoms with Crippen LogP contribution in [0, 0.1) is 12.7 Å². The van der Waals surface area contributed by atoms with Gasteiger partial charge in [-0.3, -0.25) is 19.3 Å². The third kappa shape index (κ3) is 7.17. The molecule has 2 aromatic carbocycles. The van der Waals surface area contributed by atoms with Crippen LogP contribution in [0.2, 0.25) is 5.02 Å². The van der Waals surface area contributed by atoms with Crippen molar-refractivity contribution < 1.29 is 37.0 Å². The maximum Gasteiger partial charge on any atom is 0.416 e. The van der Waals surface area contributed by atoms with E-state index in [9.17, 15) is 32.7 Å². The predicted molar refractivity (Wildman–Crippen MR) is 202 cm³/mol. The molecule has 3 aromatic heterocycles. The van der Waals surface area contributed by atoms with E-state index >= 15 is 4.39 Å². The van der Waals surface area contributed by atoms with Gasteiger partial charge in [-0.25, -0.2) is 14.4 Å². The Morgan fingerprint density at radius 2 is 1.81 bits per heavy atom. The number of nitrogens with one attached hydrogen (secondary N) is 1. The first-order valence-electron chi connectivity index (χ1n) is 18.7. The van der Waals surface area contributed by atoms with Gasteiger partial charge < -0.3 is 24.6 Å². The number of aromatic nitrogens is 6. The SMILES string of the molecule is Cc1ncnc(C(=O)N2CCC3(CC2)CC(C)c2c3c(=O)n3nc(-c4ccc(CN5CCOCC5)cc4F)nc3n2CC(=O)Nc2ccc(C(F)(F)F)cc2Cl)c1O. The standard InChI is InChI=1S/C39H38ClF4N9O5/c1-21-17-38(7-9-51(10-8-38)36(57)31-33(55)22(2)45-20-46-31)30-32(21)52(19-29(54)47-28-6-4-24(16-26(28)40)39(42,43)44)37-48-34(49-53(37)35(30)56)25-5-3-23(15-27(25)41)18-50-11-13-58-14-12-50/h3-6,15-16,20-21,55H,7-14,17-19H2,1-2H3,(H,47,54). The van der Waals surface area contributed by atoms with Crippen LogP contribution in [0.5, 0.6) is 5.75 Å². The number of alkyl halides is 3. The molecule has 14 nitrogen and oxygen atoms in total. The number of benzene rings is 2. The molecule has 2 saturated heterocycles. The van der Waals surface area contributed by atoms with Gasteiger partial charge >= 0.3 is 6.18 Å². The lowest BCUT2D eigenvalue weighted by molar-refractivity contribution is -0.137. The molecule has 19 heteroatoms. The maximum atomic E-state index is 15.8. The Kier molecular flexibility index (Phi) is 10.2. The molecule has 2 aliphatic heterocycles. The molecule has 2 fully saturated rings. The van der Waals surface area contributed by atoms with Crippen LogP contribution >= 0.6 is 11.6 Å². The van der Waals surface area contributed by atoms with Crippen LogP contribution < -0.4 is 10.9 Å². The number of aromatic hydroxyl groups is 1. The molecule has 5 heterocycles. The van der Waals surface area contributed by atoms with Crippen molar-refractivity contribution in [1.29, 1.82) is 0 Å². The highest BCUT2D eigenvalue weighted by Gasteiger charge is 2.49. The molecule has 3 aliphatic rings. The van der Waals surface area contributed by atoms with Gasteiger partial charge in [-0.1, -0.05) is 24.6 Å². The number of hydrogen-bond acceptors (Lipinski definition) is 10. The van der Waals surface area contributed by atoms with Crippen molar-refractivity contribution in [3.8, 4) is 17.1 Å². The Morgan fingerprint density at radius 3 is 2.50 bits per heavy atom. The van der Waals surface area contributed by atoms with Gasteiger partial charge in [0.25, 0.3) is 11.5 Å². The smallest absolute Gasteiger partial charge is 0.416 e. The van der Waals surface area contributed by atoms with Crippen LogP contribution in [-0.2, 0) is 34.2 Å². The average molecular weight is 824 g/mol. The van der Waals surface area contributed by atoms with E-state index in [1.807, 2.05) is 6.92 Å². The molecule has 8 rings (SSSR count). The van der Waals surface area contributed by atoms with E-state index in [1.165, 1.54) is 12.4 Å². The Balaban J connectivity index is 1.17. The number of likely N-dealkylation sites (tertiary alicyclic amines) is 1. The molecule has 58 heavy (non-hydrogen) atoms. The van der Waals surface area contributed by atoms with Gasteiger partial charge in [0, 0.05) is 49.4 Å². The zero-order valence-corrected chi connectivity index (χ0v) is 32.2. The minimum absolute atomic E-state index is 0.0321. The number of aryl methyl sites for hydroxylation is 1. The van der Waals surface area contributed by atoms with Gasteiger partial charge in [0.1, 0.15) is 18.7 Å². The second-order valence-electron chi connectivity index (χ2n) is 15.1. The van der Waals surface area contributed by atoms with Crippen molar-refractivity contribution in [2.75, 3.05) is 44.7 Å². The Hall–Kier alpha value is -5.46. The summed E-state index contributed by atoms with van der Waals surface area (Å²) in [5, 5.41) is 17.3. The van der Waals surface area contributed by atoms with Crippen LogP contribution in [0.4, 0.5) is 23.2 Å². The third-order valence-corrected chi connectivity index (χ3v) is 11.7. The molecule has 0 bridgehead atoms. The predicted octanol–water partition coefficient (Wildman–Crippen LogP) is 5.33. The van der Waals surface area contributed by atoms with E-state index in [2.05, 4.69) is 30.3 Å². The Bertz CT molecular complexity index is 2510. The highest BCUT2D eigenvalue weighted by atomic mass is 35.5. The number of nitrogens with zero attached hydrogens (tertiary/aromatic N) is 8. The molecule has 1 spiro atoms. The summed E-state index contributed by atoms with van der Waals surface area (Å²) in [6, 6.07) is 7.30. The topological polar surface area (TPSA) is 160 Å². The first kappa shape index (κ1) is 39.4. The molecule has 2 N–H and O–H groups in total. The number of anilines is 1. The van der Waals surface area contributed by atoms with Crippen molar-refractivity contribution in [3.63, 3.8) is 0 Å². The van der Waals surface area contributed by atoms with E-state index < -0.39 is 46.9 Å². The lowest BCUT2D eigenvalue weighted by Crippen LogP contribution is -2.46. The lowest BCUT2D eigenvalue weighted by atomic mass is 9.73. The number of morpholine rings is 1. The minimum atomic E-state index is -4.64. The van der Waals surface area contributed by atoms with Crippen molar-refractivity contribution in [2.45, 2.75) is 63.7 Å². The van der Waals surface area contributed by atoms with Crippen molar-refractivity contribution in [2.24, 2.45) is 0 Å². The molecular formula is C39H38ClF4N9O5. The largest absolute Gasteiger partial charge is 0.504 e. The summed E-state index contributed by atoms with van der Waals surface area (Å²) in [7, 11) is 0. The molecule has 2 amide bonds. The highest BCUT2D eigenvalue weighted by Crippen LogP contribution is 2.50. The zero-order valence-electron chi connectivity index (χ0n) is 31.4. The number of hydrogen-bond donors (Lipinski definition) is 2. The van der Waals surface area contributed by atoms with Crippen molar-refractivity contribution in [3.05, 3.63) is 97.7 Å². The zero-order chi connectivity index (χ0) is 41.1. The van der Waals surface area contributed by atoms with E-state index in [4.69, 9.17) is 16.3 Å². The Labute approximate surface area is 333 Å². The van der Waals surface area contributed by atoms with Gasteiger partial charge in [0.2, 0.25) is 11.7 Å². The number of rotatable bonds is 7. The van der Waals surface area contributed by atoms with E-state index in [0.717, 1.165) is 22.2 Å². The molecular weight excluding hydrogens is 786 g/mol. The highest BCUT2D eigenvalue weighted by molar-refractivity contribution is 6.33. The summed E-state index contributed by atoms with van der Waals surface area (Å²) in [5.74, 6) is -2.48. The molecule has 0 saturated carbocycles. The fourth-order valence-corrected chi connectivity index (χ4v) is 8.71. The Morgan fingerprint density at radius 1 is 1.07 bits per heavy atom. The summed E-state index contributed by atoms with van der Waals surface area (Å²) < 4.78 is 63.8. The summed E-state index contributed by atoms with van der Waals surface area (Å²) in [6.45, 7) is 6.60. The summed E-state index contributed by atoms with van der Waals surface area (Å²) >= 11 is 6.17. The first-order valence-corrected chi connectivity index (χ1v) is 19.1. The normalized spacial score (nSPS) is 18.2. The third-order valence-electron chi connectivity index (χ3n) is 11.4. The number of carbonyl (C=O) groups is 2. The summed E-state index contributed by atoms with van der Waals surface area (Å²) in [6.07, 6.45) is -2.24.